The van der Waals surface area contributed by atoms with E-state index in [4.69, 9.17) is 9.88 Å². The van der Waals surface area contributed by atoms with Crippen LogP contribution in [0.4, 0.5) is 11.4 Å². The zero-order valence-electron chi connectivity index (χ0n) is 22.6. The third-order valence-electron chi connectivity index (χ3n) is 7.40. The zero-order valence-corrected chi connectivity index (χ0v) is 24.3. The van der Waals surface area contributed by atoms with Gasteiger partial charge in [0.1, 0.15) is 22.5 Å². The lowest BCUT2D eigenvalue weighted by Gasteiger charge is -2.25. The minimum absolute atomic E-state index is 0.0411. The fraction of sp³-hybridized carbons (Fsp3) is 0.444. The number of sulfonamides is 2. The molecule has 0 bridgehead atoms. The van der Waals surface area contributed by atoms with Crippen LogP contribution in [0.5, 0.6) is 5.75 Å². The number of methoxy groups -OCH3 is 1. The third-order valence-corrected chi connectivity index (χ3v) is 9.60. The van der Waals surface area contributed by atoms with Gasteiger partial charge >= 0.3 is 0 Å². The van der Waals surface area contributed by atoms with E-state index in [1.165, 1.54) is 57.8 Å². The van der Waals surface area contributed by atoms with Crippen molar-refractivity contribution < 1.29 is 21.6 Å². The molecule has 2 aromatic rings. The van der Waals surface area contributed by atoms with E-state index >= 15 is 0 Å². The van der Waals surface area contributed by atoms with Crippen molar-refractivity contribution in [2.45, 2.75) is 62.9 Å². The summed E-state index contributed by atoms with van der Waals surface area (Å²) in [6, 6.07) is 12.2. The Bertz CT molecular complexity index is 1470. The standard InChI is InChI=1S/C27H38N5O5S2/c1-20(15-21-9-5-4-6-10-21)29-17-22-11-7-8-12-24(22)31-39(35,36)26-14-13-23(16-25(26)37-3)32(2)18-27(30-19-32)38(28,33)34/h7-8,11-14,16,18-21,29,31H,4-6,9-10,15,17H2,1-3H3,(H2,28,33,34)/q+1. The lowest BCUT2D eigenvalue weighted by Crippen LogP contribution is -2.35. The molecule has 0 spiro atoms. The summed E-state index contributed by atoms with van der Waals surface area (Å²) in [5.41, 5.74) is 1.89. The van der Waals surface area contributed by atoms with Crippen molar-refractivity contribution in [2.24, 2.45) is 16.0 Å². The summed E-state index contributed by atoms with van der Waals surface area (Å²) in [6.07, 6.45) is 10.4. The molecule has 0 aromatic heterocycles. The molecule has 0 saturated heterocycles. The summed E-state index contributed by atoms with van der Waals surface area (Å²) >= 11 is 0. The number of anilines is 1. The maximum atomic E-state index is 13.5. The number of hydrogen-bond donors (Lipinski definition) is 3. The van der Waals surface area contributed by atoms with Crippen molar-refractivity contribution >= 4 is 37.8 Å². The molecule has 2 atom stereocenters. The number of ether oxygens (including phenoxy) is 1. The van der Waals surface area contributed by atoms with Crippen LogP contribution in [0.1, 0.15) is 51.0 Å². The number of benzene rings is 2. The Labute approximate surface area is 231 Å². The van der Waals surface area contributed by atoms with Crippen molar-refractivity contribution in [3.63, 3.8) is 0 Å². The van der Waals surface area contributed by atoms with Gasteiger partial charge in [-0.15, -0.1) is 0 Å². The highest BCUT2D eigenvalue weighted by Gasteiger charge is 2.33. The molecule has 0 radical (unpaired) electrons. The molecule has 0 amide bonds. The lowest BCUT2D eigenvalue weighted by molar-refractivity contribution is 0.305. The van der Waals surface area contributed by atoms with Crippen LogP contribution in [0.3, 0.4) is 0 Å². The highest BCUT2D eigenvalue weighted by atomic mass is 32.2. The summed E-state index contributed by atoms with van der Waals surface area (Å²) in [5, 5.41) is 8.50. The van der Waals surface area contributed by atoms with E-state index in [1.807, 2.05) is 12.1 Å². The van der Waals surface area contributed by atoms with Gasteiger partial charge in [-0.25, -0.2) is 26.5 Å². The van der Waals surface area contributed by atoms with E-state index in [1.54, 1.807) is 31.3 Å². The van der Waals surface area contributed by atoms with Crippen LogP contribution in [0.2, 0.25) is 0 Å². The number of quaternary nitrogens is 1. The summed E-state index contributed by atoms with van der Waals surface area (Å²) in [6.45, 7) is 2.72. The predicted octanol–water partition coefficient (Wildman–Crippen LogP) is 4.01. The summed E-state index contributed by atoms with van der Waals surface area (Å²) in [5.74, 6) is 0.866. The number of para-hydroxylation sites is 1. The monoisotopic (exact) mass is 576 g/mol. The molecular formula is C27H38N5O5S2+. The van der Waals surface area contributed by atoms with Crippen LogP contribution in [0.15, 0.2) is 63.6 Å². The molecule has 2 unspecified atom stereocenters. The molecule has 12 heteroatoms. The first-order chi connectivity index (χ1) is 18.4. The molecule has 2 aliphatic rings. The Morgan fingerprint density at radius 3 is 2.49 bits per heavy atom. The predicted molar refractivity (Wildman–Crippen MR) is 155 cm³/mol. The first kappa shape index (κ1) is 29.2. The fourth-order valence-corrected chi connectivity index (χ4v) is 7.02. The molecule has 1 aliphatic carbocycles. The second-order valence-corrected chi connectivity index (χ2v) is 13.7. The first-order valence-corrected chi connectivity index (χ1v) is 16.1. The second kappa shape index (κ2) is 11.8. The van der Waals surface area contributed by atoms with E-state index < -0.39 is 20.0 Å². The quantitative estimate of drug-likeness (QED) is 0.345. The number of rotatable bonds is 11. The highest BCUT2D eigenvalue weighted by molar-refractivity contribution is 7.93. The lowest BCUT2D eigenvalue weighted by atomic mass is 9.85. The molecule has 39 heavy (non-hydrogen) atoms. The van der Waals surface area contributed by atoms with E-state index in [0.717, 1.165) is 17.9 Å². The molecule has 1 saturated carbocycles. The third kappa shape index (κ3) is 7.06. The number of nitrogens with zero attached hydrogens (tertiary/aromatic N) is 2. The van der Waals surface area contributed by atoms with Gasteiger partial charge in [0, 0.05) is 24.7 Å². The summed E-state index contributed by atoms with van der Waals surface area (Å²) < 4.78 is 58.4. The summed E-state index contributed by atoms with van der Waals surface area (Å²) in [4.78, 5) is 3.87. The van der Waals surface area contributed by atoms with Crippen LogP contribution in [0.25, 0.3) is 0 Å². The Morgan fingerprint density at radius 2 is 1.82 bits per heavy atom. The Balaban J connectivity index is 1.51. The number of aliphatic imine (C=N–C) groups is 1. The average Bonchev–Trinajstić information content (AvgIpc) is 3.32. The van der Waals surface area contributed by atoms with Crippen molar-refractivity contribution in [1.82, 2.24) is 9.80 Å². The molecule has 1 aliphatic heterocycles. The summed E-state index contributed by atoms with van der Waals surface area (Å²) in [7, 11) is -4.91. The molecule has 1 heterocycles. The molecule has 4 N–H and O–H groups in total. The smallest absolute Gasteiger partial charge is 0.265 e. The van der Waals surface area contributed by atoms with Gasteiger partial charge < -0.3 is 10.1 Å². The molecular weight excluding hydrogens is 538 g/mol. The number of hydrogen-bond acceptors (Lipinski definition) is 7. The van der Waals surface area contributed by atoms with Crippen LogP contribution in [-0.4, -0.2) is 43.4 Å². The van der Waals surface area contributed by atoms with Gasteiger partial charge in [0.05, 0.1) is 19.8 Å². The van der Waals surface area contributed by atoms with Crippen molar-refractivity contribution in [3.8, 4) is 5.75 Å². The minimum atomic E-state index is -4.01. The van der Waals surface area contributed by atoms with Gasteiger partial charge in [-0.2, -0.15) is 4.99 Å². The normalized spacial score (nSPS) is 21.0. The largest absolute Gasteiger partial charge is 0.495 e. The van der Waals surface area contributed by atoms with Crippen LogP contribution in [0, 0.1) is 5.92 Å². The van der Waals surface area contributed by atoms with Gasteiger partial charge in [-0.1, -0.05) is 50.3 Å². The SMILES string of the molecule is COc1cc([N+]2(C)C=NC(S(N)(=O)=O)=C2)ccc1S(=O)(=O)Nc1ccccc1CNC(C)CC1CCCCC1. The first-order valence-electron chi connectivity index (χ1n) is 13.1. The average molecular weight is 577 g/mol. The van der Waals surface area contributed by atoms with Crippen LogP contribution < -0.4 is 24.4 Å². The number of nitrogens with two attached hydrogens (primary N) is 1. The maximum absolute atomic E-state index is 13.5. The molecule has 2 aromatic carbocycles. The van der Waals surface area contributed by atoms with Crippen molar-refractivity contribution in [1.29, 1.82) is 0 Å². The van der Waals surface area contributed by atoms with Gasteiger partial charge in [-0.3, -0.25) is 4.72 Å². The van der Waals surface area contributed by atoms with Gasteiger partial charge in [0.15, 0.2) is 0 Å². The van der Waals surface area contributed by atoms with Crippen LogP contribution >= 0.6 is 0 Å². The van der Waals surface area contributed by atoms with E-state index in [2.05, 4.69) is 22.0 Å². The topological polar surface area (TPSA) is 140 Å². The van der Waals surface area contributed by atoms with E-state index in [9.17, 15) is 16.8 Å². The maximum Gasteiger partial charge on any atom is 0.265 e. The number of nitrogens with one attached hydrogen (secondary N) is 2. The van der Waals surface area contributed by atoms with Crippen LogP contribution in [-0.2, 0) is 26.6 Å². The fourth-order valence-electron chi connectivity index (χ4n) is 5.20. The Kier molecular flexibility index (Phi) is 8.82. The Hall–Kier alpha value is -2.77. The minimum Gasteiger partial charge on any atom is -0.495 e. The van der Waals surface area contributed by atoms with Crippen molar-refractivity contribution in [2.75, 3.05) is 18.9 Å². The Morgan fingerprint density at radius 1 is 1.10 bits per heavy atom. The molecule has 4 rings (SSSR count). The van der Waals surface area contributed by atoms with Gasteiger partial charge in [-0.05, 0) is 37.0 Å². The van der Waals surface area contributed by atoms with Gasteiger partial charge in [0.25, 0.3) is 20.0 Å². The van der Waals surface area contributed by atoms with Crippen molar-refractivity contribution in [3.05, 3.63) is 59.3 Å². The zero-order chi connectivity index (χ0) is 28.3. The second-order valence-electron chi connectivity index (χ2n) is 10.5. The highest BCUT2D eigenvalue weighted by Crippen LogP contribution is 2.35. The molecule has 1 fully saturated rings. The van der Waals surface area contributed by atoms with E-state index in [0.29, 0.717) is 24.0 Å². The molecule has 212 valence electrons. The van der Waals surface area contributed by atoms with E-state index in [-0.39, 0.29) is 20.2 Å². The number of primary sulfonamides is 1. The molecule has 10 nitrogen and oxygen atoms in total. The van der Waals surface area contributed by atoms with Gasteiger partial charge in [0.2, 0.25) is 11.4 Å².